The number of hydrogen-bond acceptors (Lipinski definition) is 4. The van der Waals surface area contributed by atoms with Crippen molar-refractivity contribution in [2.24, 2.45) is 0 Å². The minimum atomic E-state index is 0.101. The van der Waals surface area contributed by atoms with Crippen molar-refractivity contribution in [1.82, 2.24) is 10.3 Å². The molecule has 0 fully saturated rings. The van der Waals surface area contributed by atoms with Crippen molar-refractivity contribution in [3.8, 4) is 6.07 Å². The molecule has 3 heterocycles. The average molecular weight is 288 g/mol. The molecule has 2 aromatic rings. The maximum Gasteiger partial charge on any atom is 0.135 e. The van der Waals surface area contributed by atoms with E-state index in [-0.39, 0.29) is 5.92 Å². The van der Waals surface area contributed by atoms with Gasteiger partial charge in [0, 0.05) is 42.9 Å². The summed E-state index contributed by atoms with van der Waals surface area (Å²) in [6, 6.07) is 14.5. The van der Waals surface area contributed by atoms with E-state index < -0.39 is 0 Å². The molecule has 0 amide bonds. The lowest BCUT2D eigenvalue weighted by molar-refractivity contribution is 0.640. The van der Waals surface area contributed by atoms with Crippen LogP contribution >= 0.6 is 0 Å². The molecule has 4 nitrogen and oxygen atoms in total. The van der Waals surface area contributed by atoms with Gasteiger partial charge in [0.25, 0.3) is 0 Å². The summed E-state index contributed by atoms with van der Waals surface area (Å²) in [5.41, 5.74) is 5.49. The molecule has 0 saturated heterocycles. The average Bonchev–Trinajstić information content (AvgIpc) is 2.59. The van der Waals surface area contributed by atoms with Crippen molar-refractivity contribution in [1.29, 1.82) is 5.26 Å². The summed E-state index contributed by atoms with van der Waals surface area (Å²) in [5.74, 6) is 0.928. The Hall–Kier alpha value is -2.64. The lowest BCUT2D eigenvalue weighted by Crippen LogP contribution is -2.33. The molecular formula is C18H16N4. The van der Waals surface area contributed by atoms with Crippen LogP contribution in [0.2, 0.25) is 0 Å². The number of fused-ring (bicyclic) bond motifs is 1. The fourth-order valence-electron chi connectivity index (χ4n) is 3.42. The van der Waals surface area contributed by atoms with Crippen molar-refractivity contribution < 1.29 is 0 Å². The van der Waals surface area contributed by atoms with Crippen LogP contribution in [0.25, 0.3) is 0 Å². The number of hydrogen-bond donors (Lipinski definition) is 2. The maximum atomic E-state index is 9.52. The highest BCUT2D eigenvalue weighted by atomic mass is 15.0. The second-order valence-electron chi connectivity index (χ2n) is 5.63. The van der Waals surface area contributed by atoms with Crippen LogP contribution < -0.4 is 10.6 Å². The van der Waals surface area contributed by atoms with Crippen molar-refractivity contribution >= 4 is 5.82 Å². The van der Waals surface area contributed by atoms with Crippen molar-refractivity contribution in [3.63, 3.8) is 0 Å². The molecule has 1 aromatic heterocycles. The Labute approximate surface area is 129 Å². The number of pyridine rings is 1. The molecule has 108 valence electrons. The maximum absolute atomic E-state index is 9.52. The normalized spacial score (nSPS) is 19.7. The molecule has 4 heteroatoms. The third-order valence-electron chi connectivity index (χ3n) is 4.40. The molecule has 1 aromatic carbocycles. The zero-order valence-electron chi connectivity index (χ0n) is 12.1. The number of nitriles is 1. The van der Waals surface area contributed by atoms with Gasteiger partial charge < -0.3 is 10.6 Å². The first-order valence-corrected chi connectivity index (χ1v) is 7.52. The summed E-state index contributed by atoms with van der Waals surface area (Å²) in [6.45, 7) is 1.82. The monoisotopic (exact) mass is 288 g/mol. The van der Waals surface area contributed by atoms with Gasteiger partial charge in [0.1, 0.15) is 5.82 Å². The Morgan fingerprint density at radius 2 is 2.05 bits per heavy atom. The zero-order chi connectivity index (χ0) is 14.9. The Balaban J connectivity index is 1.97. The van der Waals surface area contributed by atoms with Gasteiger partial charge in [-0.2, -0.15) is 5.26 Å². The smallest absolute Gasteiger partial charge is 0.135 e. The standard InChI is InChI=1S/C18H16N4/c19-10-13-6-9-21-18-17(13)16(12-4-2-1-3-5-12)14-11-20-8-7-15(14)22-18/h1-6,9,16,20H,7-8,11H2,(H,21,22). The highest BCUT2D eigenvalue weighted by molar-refractivity contribution is 5.66. The first-order valence-electron chi connectivity index (χ1n) is 7.52. The van der Waals surface area contributed by atoms with Crippen molar-refractivity contribution in [2.75, 3.05) is 18.4 Å². The van der Waals surface area contributed by atoms with Crippen molar-refractivity contribution in [2.45, 2.75) is 12.3 Å². The Morgan fingerprint density at radius 3 is 2.86 bits per heavy atom. The molecule has 2 N–H and O–H groups in total. The Morgan fingerprint density at radius 1 is 1.18 bits per heavy atom. The summed E-state index contributed by atoms with van der Waals surface area (Å²) in [4.78, 5) is 4.48. The molecular weight excluding hydrogens is 272 g/mol. The highest BCUT2D eigenvalue weighted by Crippen LogP contribution is 2.43. The highest BCUT2D eigenvalue weighted by Gasteiger charge is 2.32. The molecule has 4 rings (SSSR count). The molecule has 22 heavy (non-hydrogen) atoms. The second kappa shape index (κ2) is 5.28. The number of rotatable bonds is 1. The molecule has 1 unspecified atom stereocenters. The number of nitrogens with zero attached hydrogens (tertiary/aromatic N) is 2. The van der Waals surface area contributed by atoms with Gasteiger partial charge in [0.15, 0.2) is 0 Å². The molecule has 0 bridgehead atoms. The minimum absolute atomic E-state index is 0.101. The van der Waals surface area contributed by atoms with Gasteiger partial charge >= 0.3 is 0 Å². The van der Waals surface area contributed by atoms with Gasteiger partial charge in [-0.3, -0.25) is 0 Å². The number of benzene rings is 1. The van der Waals surface area contributed by atoms with Gasteiger partial charge in [-0.1, -0.05) is 30.3 Å². The van der Waals surface area contributed by atoms with Crippen LogP contribution in [-0.4, -0.2) is 18.1 Å². The summed E-state index contributed by atoms with van der Waals surface area (Å²) in [7, 11) is 0. The van der Waals surface area contributed by atoms with Crippen molar-refractivity contribution in [3.05, 3.63) is 70.6 Å². The van der Waals surface area contributed by atoms with Crippen LogP contribution in [0.5, 0.6) is 0 Å². The van der Waals surface area contributed by atoms with Crippen LogP contribution in [0.3, 0.4) is 0 Å². The summed E-state index contributed by atoms with van der Waals surface area (Å²) >= 11 is 0. The van der Waals surface area contributed by atoms with Gasteiger partial charge in [-0.05, 0) is 17.2 Å². The molecule has 0 saturated carbocycles. The fraction of sp³-hybridized carbons (Fsp3) is 0.222. The van der Waals surface area contributed by atoms with E-state index in [1.54, 1.807) is 12.3 Å². The first kappa shape index (κ1) is 13.1. The second-order valence-corrected chi connectivity index (χ2v) is 5.63. The van der Waals surface area contributed by atoms with E-state index in [0.29, 0.717) is 5.56 Å². The minimum Gasteiger partial charge on any atom is -0.343 e. The van der Waals surface area contributed by atoms with Gasteiger partial charge in [-0.25, -0.2) is 4.98 Å². The molecule has 2 aliphatic heterocycles. The first-order chi connectivity index (χ1) is 10.9. The largest absolute Gasteiger partial charge is 0.343 e. The van der Waals surface area contributed by atoms with E-state index in [9.17, 15) is 5.26 Å². The molecule has 1 atom stereocenters. The number of anilines is 1. The molecule has 0 aliphatic carbocycles. The summed E-state index contributed by atoms with van der Waals surface area (Å²) in [5, 5.41) is 16.4. The van der Waals surface area contributed by atoms with E-state index in [0.717, 1.165) is 30.9 Å². The summed E-state index contributed by atoms with van der Waals surface area (Å²) < 4.78 is 0. The SMILES string of the molecule is N#Cc1ccnc2c1C(c1ccccc1)C1=C(CCNC1)N2. The summed E-state index contributed by atoms with van der Waals surface area (Å²) in [6.07, 6.45) is 2.68. The van der Waals surface area contributed by atoms with E-state index in [1.165, 1.54) is 16.8 Å². The lowest BCUT2D eigenvalue weighted by atomic mass is 9.78. The third-order valence-corrected chi connectivity index (χ3v) is 4.40. The predicted molar refractivity (Wildman–Crippen MR) is 85.4 cm³/mol. The number of nitrogens with one attached hydrogen (secondary N) is 2. The quantitative estimate of drug-likeness (QED) is 0.847. The molecule has 0 radical (unpaired) electrons. The molecule has 0 spiro atoms. The van der Waals surface area contributed by atoms with E-state index in [4.69, 9.17) is 0 Å². The number of aromatic nitrogens is 1. The van der Waals surface area contributed by atoms with Gasteiger partial charge in [0.05, 0.1) is 11.6 Å². The zero-order valence-corrected chi connectivity index (χ0v) is 12.1. The Bertz CT molecular complexity index is 786. The van der Waals surface area contributed by atoms with Gasteiger partial charge in [0.2, 0.25) is 0 Å². The topological polar surface area (TPSA) is 60.7 Å². The van der Waals surface area contributed by atoms with Crippen LogP contribution in [0.1, 0.15) is 29.0 Å². The van der Waals surface area contributed by atoms with Crippen LogP contribution in [0, 0.1) is 11.3 Å². The van der Waals surface area contributed by atoms with Crippen LogP contribution in [-0.2, 0) is 0 Å². The lowest BCUT2D eigenvalue weighted by Gasteiger charge is -2.35. The third kappa shape index (κ3) is 1.99. The van der Waals surface area contributed by atoms with E-state index in [1.807, 2.05) is 6.07 Å². The van der Waals surface area contributed by atoms with Crippen LogP contribution in [0.15, 0.2) is 53.9 Å². The van der Waals surface area contributed by atoms with E-state index >= 15 is 0 Å². The predicted octanol–water partition coefficient (Wildman–Crippen LogP) is 2.76. The Kier molecular flexibility index (Phi) is 3.14. The fourth-order valence-corrected chi connectivity index (χ4v) is 3.42. The molecule has 2 aliphatic rings. The van der Waals surface area contributed by atoms with Crippen LogP contribution in [0.4, 0.5) is 5.82 Å². The van der Waals surface area contributed by atoms with E-state index in [2.05, 4.69) is 46.0 Å². The van der Waals surface area contributed by atoms with Gasteiger partial charge in [-0.15, -0.1) is 0 Å².